The van der Waals surface area contributed by atoms with Crippen LogP contribution in [0.25, 0.3) is 0 Å². The number of halogens is 1. The van der Waals surface area contributed by atoms with Gasteiger partial charge in [-0.25, -0.2) is 0 Å². The predicted molar refractivity (Wildman–Crippen MR) is 109 cm³/mol. The van der Waals surface area contributed by atoms with Gasteiger partial charge in [0.25, 0.3) is 5.91 Å². The van der Waals surface area contributed by atoms with Crippen molar-refractivity contribution in [3.05, 3.63) is 29.3 Å². The van der Waals surface area contributed by atoms with Gasteiger partial charge in [0.1, 0.15) is 6.54 Å². The highest BCUT2D eigenvalue weighted by atomic mass is 35.5. The van der Waals surface area contributed by atoms with Crippen molar-refractivity contribution in [1.82, 2.24) is 5.32 Å². The highest BCUT2D eigenvalue weighted by molar-refractivity contribution is 6.30. The second-order valence-electron chi connectivity index (χ2n) is 9.01. The maximum Gasteiger partial charge on any atom is 0.326 e. The Bertz CT molecular complexity index is 790. The molecule has 7 heteroatoms. The van der Waals surface area contributed by atoms with Crippen molar-refractivity contribution >= 4 is 35.1 Å². The van der Waals surface area contributed by atoms with E-state index in [4.69, 9.17) is 16.3 Å². The van der Waals surface area contributed by atoms with Gasteiger partial charge in [0.05, 0.1) is 0 Å². The number of benzene rings is 1. The number of amides is 2. The molecule has 0 heterocycles. The van der Waals surface area contributed by atoms with E-state index in [0.717, 1.165) is 19.3 Å². The molecule has 4 fully saturated rings. The fourth-order valence-corrected chi connectivity index (χ4v) is 6.02. The van der Waals surface area contributed by atoms with Crippen LogP contribution in [0.1, 0.15) is 45.4 Å². The summed E-state index contributed by atoms with van der Waals surface area (Å²) in [7, 11) is 0. The molecule has 156 valence electrons. The van der Waals surface area contributed by atoms with E-state index in [0.29, 0.717) is 28.5 Å². The van der Waals surface area contributed by atoms with Crippen molar-refractivity contribution in [2.45, 2.75) is 51.6 Å². The predicted octanol–water partition coefficient (Wildman–Crippen LogP) is 3.54. The molecule has 2 N–H and O–H groups in total. The molecule has 0 radical (unpaired) electrons. The van der Waals surface area contributed by atoms with E-state index in [-0.39, 0.29) is 17.9 Å². The fourth-order valence-electron chi connectivity index (χ4n) is 5.83. The first-order valence-corrected chi connectivity index (χ1v) is 10.7. The largest absolute Gasteiger partial charge is 0.451 e. The molecule has 5 rings (SSSR count). The summed E-state index contributed by atoms with van der Waals surface area (Å²) in [5.74, 6) is 0.895. The van der Waals surface area contributed by atoms with Gasteiger partial charge in [-0.2, -0.15) is 0 Å². The first-order valence-electron chi connectivity index (χ1n) is 10.4. The Hall–Kier alpha value is -2.08. The number of carbonyl (C=O) groups excluding carboxylic acids is 3. The molecule has 0 saturated heterocycles. The second-order valence-corrected chi connectivity index (χ2v) is 9.45. The second kappa shape index (κ2) is 7.98. The van der Waals surface area contributed by atoms with Crippen LogP contribution in [0.4, 0.5) is 5.69 Å². The van der Waals surface area contributed by atoms with E-state index in [9.17, 15) is 14.4 Å². The summed E-state index contributed by atoms with van der Waals surface area (Å²) in [5, 5.41) is 5.93. The highest BCUT2D eigenvalue weighted by Gasteiger charge is 2.54. The summed E-state index contributed by atoms with van der Waals surface area (Å²) < 4.78 is 5.19. The Morgan fingerprint density at radius 3 is 2.34 bits per heavy atom. The van der Waals surface area contributed by atoms with Gasteiger partial charge in [0.2, 0.25) is 5.91 Å². The zero-order valence-electron chi connectivity index (χ0n) is 16.6. The first kappa shape index (κ1) is 20.2. The molecule has 0 spiro atoms. The molecular weight excluding hydrogens is 392 g/mol. The monoisotopic (exact) mass is 418 g/mol. The summed E-state index contributed by atoms with van der Waals surface area (Å²) in [6.45, 7) is 1.29. The number of anilines is 1. The summed E-state index contributed by atoms with van der Waals surface area (Å²) in [6, 6.07) is 6.73. The van der Waals surface area contributed by atoms with Crippen LogP contribution in [0.3, 0.4) is 0 Å². The quantitative estimate of drug-likeness (QED) is 0.692. The summed E-state index contributed by atoms with van der Waals surface area (Å²) in [4.78, 5) is 37.2. The van der Waals surface area contributed by atoms with Gasteiger partial charge < -0.3 is 15.4 Å². The van der Waals surface area contributed by atoms with Crippen LogP contribution < -0.4 is 10.6 Å². The normalized spacial score (nSPS) is 30.5. The molecule has 1 aromatic carbocycles. The average Bonchev–Trinajstić information content (AvgIpc) is 2.65. The number of esters is 1. The van der Waals surface area contributed by atoms with Gasteiger partial charge in [0.15, 0.2) is 6.10 Å². The third-order valence-corrected chi connectivity index (χ3v) is 6.92. The van der Waals surface area contributed by atoms with Crippen LogP contribution in [0.5, 0.6) is 0 Å². The number of nitrogens with one attached hydrogen (secondary N) is 2. The van der Waals surface area contributed by atoms with Crippen LogP contribution in [-0.2, 0) is 19.1 Å². The Kier molecular flexibility index (Phi) is 5.56. The minimum atomic E-state index is -0.974. The molecule has 2 amide bonds. The lowest BCUT2D eigenvalue weighted by Gasteiger charge is -2.55. The summed E-state index contributed by atoms with van der Waals surface area (Å²) >= 11 is 5.90. The maximum atomic E-state index is 12.9. The topological polar surface area (TPSA) is 84.5 Å². The molecule has 0 aliphatic heterocycles. The molecule has 1 atom stereocenters. The van der Waals surface area contributed by atoms with Crippen LogP contribution in [0.2, 0.25) is 5.02 Å². The van der Waals surface area contributed by atoms with Gasteiger partial charge in [-0.05, 0) is 81.4 Å². The standard InChI is InChI=1S/C22H27ClN2O4/c1-13(20(27)25-18-4-2-3-17(23)8-18)29-19(26)12-24-21(28)22-9-14-5-15(10-22)7-16(6-14)11-22/h2-4,8,13-16H,5-7,9-12H2,1H3,(H,24,28)(H,25,27)/t13-,14?,15?,16?,22?/m0/s1. The van der Waals surface area contributed by atoms with Crippen LogP contribution in [0, 0.1) is 23.2 Å². The Morgan fingerprint density at radius 2 is 1.76 bits per heavy atom. The van der Waals surface area contributed by atoms with Gasteiger partial charge in [0, 0.05) is 16.1 Å². The third-order valence-electron chi connectivity index (χ3n) is 6.68. The van der Waals surface area contributed by atoms with Crippen molar-refractivity contribution in [3.8, 4) is 0 Å². The van der Waals surface area contributed by atoms with Crippen molar-refractivity contribution in [2.75, 3.05) is 11.9 Å². The first-order chi connectivity index (χ1) is 13.8. The van der Waals surface area contributed by atoms with E-state index in [1.54, 1.807) is 24.3 Å². The molecule has 4 aliphatic rings. The van der Waals surface area contributed by atoms with Gasteiger partial charge >= 0.3 is 5.97 Å². The van der Waals surface area contributed by atoms with Crippen molar-refractivity contribution in [2.24, 2.45) is 23.2 Å². The van der Waals surface area contributed by atoms with Gasteiger partial charge in [-0.15, -0.1) is 0 Å². The van der Waals surface area contributed by atoms with Gasteiger partial charge in [-0.3, -0.25) is 14.4 Å². The third kappa shape index (κ3) is 4.42. The average molecular weight is 419 g/mol. The molecule has 1 aromatic rings. The molecule has 29 heavy (non-hydrogen) atoms. The lowest BCUT2D eigenvalue weighted by Crippen LogP contribution is -2.54. The molecular formula is C22H27ClN2O4. The Balaban J connectivity index is 1.25. The molecule has 4 saturated carbocycles. The zero-order valence-corrected chi connectivity index (χ0v) is 17.3. The number of carbonyl (C=O) groups is 3. The number of ether oxygens (including phenoxy) is 1. The summed E-state index contributed by atoms with van der Waals surface area (Å²) in [6.07, 6.45) is 5.63. The van der Waals surface area contributed by atoms with Crippen molar-refractivity contribution < 1.29 is 19.1 Å². The number of rotatable bonds is 6. The van der Waals surface area contributed by atoms with Gasteiger partial charge in [-0.1, -0.05) is 17.7 Å². The smallest absolute Gasteiger partial charge is 0.326 e. The molecule has 0 aromatic heterocycles. The highest BCUT2D eigenvalue weighted by Crippen LogP contribution is 2.60. The lowest BCUT2D eigenvalue weighted by atomic mass is 9.49. The zero-order chi connectivity index (χ0) is 20.6. The van der Waals surface area contributed by atoms with E-state index in [2.05, 4.69) is 10.6 Å². The van der Waals surface area contributed by atoms with E-state index >= 15 is 0 Å². The number of hydrogen-bond acceptors (Lipinski definition) is 4. The van der Waals surface area contributed by atoms with E-state index < -0.39 is 18.0 Å². The minimum absolute atomic E-state index is 0.0235. The maximum absolute atomic E-state index is 12.9. The SMILES string of the molecule is C[C@H](OC(=O)CNC(=O)C12CC3CC(CC(C3)C1)C2)C(=O)Nc1cccc(Cl)c1. The van der Waals surface area contributed by atoms with Crippen molar-refractivity contribution in [1.29, 1.82) is 0 Å². The van der Waals surface area contributed by atoms with E-state index in [1.165, 1.54) is 26.2 Å². The summed E-state index contributed by atoms with van der Waals surface area (Å²) in [5.41, 5.74) is 0.227. The molecule has 0 unspecified atom stereocenters. The molecule has 4 bridgehead atoms. The Morgan fingerprint density at radius 1 is 1.14 bits per heavy atom. The molecule has 6 nitrogen and oxygen atoms in total. The minimum Gasteiger partial charge on any atom is -0.451 e. The lowest BCUT2D eigenvalue weighted by molar-refractivity contribution is -0.155. The van der Waals surface area contributed by atoms with Crippen LogP contribution >= 0.6 is 11.6 Å². The Labute approximate surface area is 175 Å². The van der Waals surface area contributed by atoms with E-state index in [1.807, 2.05) is 0 Å². The number of hydrogen-bond donors (Lipinski definition) is 2. The van der Waals surface area contributed by atoms with Crippen LogP contribution in [-0.4, -0.2) is 30.4 Å². The molecule has 4 aliphatic carbocycles. The fraction of sp³-hybridized carbons (Fsp3) is 0.591. The van der Waals surface area contributed by atoms with Crippen LogP contribution in [0.15, 0.2) is 24.3 Å². The van der Waals surface area contributed by atoms with Crippen molar-refractivity contribution in [3.63, 3.8) is 0 Å².